The van der Waals surface area contributed by atoms with E-state index in [1.54, 1.807) is 30.3 Å². The standard InChI is InChI=1S/C21H18Cl4N4OS/c1-3-8-29-19(12(2)26-20(30)16-7-6-15(23)10-18(16)25)27-28-21(29)31-11-13-4-5-14(22)9-17(13)24/h3-7,9-10,12H,1,8,11H2,2H3,(H,26,30)/t12-/m0/s1. The first-order valence-corrected chi connectivity index (χ1v) is 11.7. The maximum Gasteiger partial charge on any atom is 0.253 e. The van der Waals surface area contributed by atoms with E-state index in [1.165, 1.54) is 17.8 Å². The second kappa shape index (κ2) is 10.7. The van der Waals surface area contributed by atoms with E-state index < -0.39 is 6.04 Å². The van der Waals surface area contributed by atoms with Crippen LogP contribution in [0.3, 0.4) is 0 Å². The molecule has 0 spiro atoms. The number of hydrogen-bond donors (Lipinski definition) is 1. The third kappa shape index (κ3) is 5.96. The first kappa shape index (κ1) is 24.0. The summed E-state index contributed by atoms with van der Waals surface area (Å²) in [6, 6.07) is 9.69. The van der Waals surface area contributed by atoms with Gasteiger partial charge in [0, 0.05) is 27.4 Å². The molecule has 3 aromatic rings. The van der Waals surface area contributed by atoms with Gasteiger partial charge < -0.3 is 9.88 Å². The van der Waals surface area contributed by atoms with Gasteiger partial charge in [-0.05, 0) is 42.8 Å². The average Bonchev–Trinajstić information content (AvgIpc) is 3.10. The minimum atomic E-state index is -0.417. The van der Waals surface area contributed by atoms with E-state index >= 15 is 0 Å². The fraction of sp³-hybridized carbons (Fsp3) is 0.190. The number of allylic oxidation sites excluding steroid dienone is 1. The summed E-state index contributed by atoms with van der Waals surface area (Å²) in [6.45, 7) is 6.13. The van der Waals surface area contributed by atoms with E-state index in [4.69, 9.17) is 46.4 Å². The van der Waals surface area contributed by atoms with Gasteiger partial charge >= 0.3 is 0 Å². The van der Waals surface area contributed by atoms with Crippen LogP contribution >= 0.6 is 58.2 Å². The number of halogens is 4. The number of benzene rings is 2. The summed E-state index contributed by atoms with van der Waals surface area (Å²) in [6.07, 6.45) is 1.75. The van der Waals surface area contributed by atoms with Crippen LogP contribution in [0.1, 0.15) is 34.7 Å². The van der Waals surface area contributed by atoms with Gasteiger partial charge in [-0.3, -0.25) is 4.79 Å². The molecule has 0 fully saturated rings. The molecule has 5 nitrogen and oxygen atoms in total. The normalized spacial score (nSPS) is 11.9. The molecule has 2 aromatic carbocycles. The van der Waals surface area contributed by atoms with Gasteiger partial charge in [-0.25, -0.2) is 0 Å². The SMILES string of the molecule is C=CCn1c(SCc2ccc(Cl)cc2Cl)nnc1[C@H](C)NC(=O)c1ccc(Cl)cc1Cl. The third-order valence-corrected chi connectivity index (χ3v) is 6.49. The predicted molar refractivity (Wildman–Crippen MR) is 129 cm³/mol. The average molecular weight is 516 g/mol. The fourth-order valence-electron chi connectivity index (χ4n) is 2.82. The van der Waals surface area contributed by atoms with Gasteiger partial charge in [-0.1, -0.05) is 70.3 Å². The van der Waals surface area contributed by atoms with Crippen LogP contribution in [0.4, 0.5) is 0 Å². The van der Waals surface area contributed by atoms with E-state index in [2.05, 4.69) is 22.1 Å². The quantitative estimate of drug-likeness (QED) is 0.263. The van der Waals surface area contributed by atoms with E-state index in [0.29, 0.717) is 43.9 Å². The minimum absolute atomic E-state index is 0.279. The monoisotopic (exact) mass is 514 g/mol. The van der Waals surface area contributed by atoms with Crippen LogP contribution in [0, 0.1) is 0 Å². The highest BCUT2D eigenvalue weighted by Gasteiger charge is 2.21. The molecule has 0 aliphatic carbocycles. The number of rotatable bonds is 8. The Labute approximate surface area is 204 Å². The number of nitrogens with one attached hydrogen (secondary N) is 1. The number of nitrogens with zero attached hydrogens (tertiary/aromatic N) is 3. The molecule has 0 aliphatic heterocycles. The second-order valence-electron chi connectivity index (χ2n) is 6.58. The summed E-state index contributed by atoms with van der Waals surface area (Å²) < 4.78 is 1.90. The zero-order chi connectivity index (χ0) is 22.5. The van der Waals surface area contributed by atoms with Gasteiger partial charge in [-0.2, -0.15) is 0 Å². The van der Waals surface area contributed by atoms with Gasteiger partial charge in [0.05, 0.1) is 16.6 Å². The van der Waals surface area contributed by atoms with Gasteiger partial charge in [0.15, 0.2) is 11.0 Å². The Hall–Kier alpha value is -1.70. The molecule has 0 bridgehead atoms. The molecule has 0 saturated heterocycles. The Balaban J connectivity index is 1.77. The van der Waals surface area contributed by atoms with Crippen molar-refractivity contribution in [2.45, 2.75) is 30.4 Å². The van der Waals surface area contributed by atoms with Crippen molar-refractivity contribution in [2.24, 2.45) is 0 Å². The molecular weight excluding hydrogens is 498 g/mol. The molecule has 3 rings (SSSR count). The largest absolute Gasteiger partial charge is 0.342 e. The maximum absolute atomic E-state index is 12.7. The number of aromatic nitrogens is 3. The van der Waals surface area contributed by atoms with Crippen molar-refractivity contribution in [1.82, 2.24) is 20.1 Å². The van der Waals surface area contributed by atoms with Crippen LogP contribution in [0.25, 0.3) is 0 Å². The molecule has 162 valence electrons. The Morgan fingerprint density at radius 2 is 1.81 bits per heavy atom. The highest BCUT2D eigenvalue weighted by Crippen LogP contribution is 2.29. The zero-order valence-electron chi connectivity index (χ0n) is 16.4. The first-order valence-electron chi connectivity index (χ1n) is 9.16. The summed E-state index contributed by atoms with van der Waals surface area (Å²) in [7, 11) is 0. The van der Waals surface area contributed by atoms with Crippen LogP contribution in [-0.4, -0.2) is 20.7 Å². The van der Waals surface area contributed by atoms with Gasteiger partial charge in [0.25, 0.3) is 5.91 Å². The molecule has 1 N–H and O–H groups in total. The summed E-state index contributed by atoms with van der Waals surface area (Å²) >= 11 is 25.8. The maximum atomic E-state index is 12.7. The molecule has 1 aromatic heterocycles. The first-order chi connectivity index (χ1) is 14.8. The lowest BCUT2D eigenvalue weighted by molar-refractivity contribution is 0.0937. The van der Waals surface area contributed by atoms with E-state index in [0.717, 1.165) is 5.56 Å². The lowest BCUT2D eigenvalue weighted by Gasteiger charge is -2.16. The van der Waals surface area contributed by atoms with Crippen molar-refractivity contribution in [3.05, 3.63) is 86.1 Å². The predicted octanol–water partition coefficient (Wildman–Crippen LogP) is 6.86. The zero-order valence-corrected chi connectivity index (χ0v) is 20.3. The van der Waals surface area contributed by atoms with E-state index in [1.807, 2.05) is 17.6 Å². The highest BCUT2D eigenvalue weighted by molar-refractivity contribution is 7.98. The van der Waals surface area contributed by atoms with Crippen molar-refractivity contribution in [1.29, 1.82) is 0 Å². The molecule has 0 saturated carbocycles. The van der Waals surface area contributed by atoms with Crippen LogP contribution in [0.15, 0.2) is 54.2 Å². The van der Waals surface area contributed by atoms with Crippen molar-refractivity contribution in [3.8, 4) is 0 Å². The highest BCUT2D eigenvalue weighted by atomic mass is 35.5. The van der Waals surface area contributed by atoms with Crippen LogP contribution in [0.2, 0.25) is 20.1 Å². The minimum Gasteiger partial charge on any atom is -0.342 e. The van der Waals surface area contributed by atoms with Gasteiger partial charge in [0.1, 0.15) is 0 Å². The van der Waals surface area contributed by atoms with Crippen LogP contribution in [-0.2, 0) is 12.3 Å². The van der Waals surface area contributed by atoms with Crippen molar-refractivity contribution >= 4 is 64.1 Å². The Bertz CT molecular complexity index is 1120. The number of carbonyl (C=O) groups is 1. The molecule has 1 amide bonds. The molecular formula is C21H18Cl4N4OS. The summed E-state index contributed by atoms with van der Waals surface area (Å²) in [4.78, 5) is 12.7. The number of hydrogen-bond acceptors (Lipinski definition) is 4. The Morgan fingerprint density at radius 3 is 2.45 bits per heavy atom. The Morgan fingerprint density at radius 1 is 1.13 bits per heavy atom. The topological polar surface area (TPSA) is 59.8 Å². The summed E-state index contributed by atoms with van der Waals surface area (Å²) in [5.74, 6) is 0.861. The Kier molecular flexibility index (Phi) is 8.30. The number of carbonyl (C=O) groups excluding carboxylic acids is 1. The van der Waals surface area contributed by atoms with Crippen molar-refractivity contribution in [2.75, 3.05) is 0 Å². The van der Waals surface area contributed by atoms with Crippen molar-refractivity contribution < 1.29 is 4.79 Å². The molecule has 0 aliphatic rings. The number of amides is 1. The second-order valence-corrected chi connectivity index (χ2v) is 9.21. The molecule has 1 atom stereocenters. The summed E-state index contributed by atoms with van der Waals surface area (Å²) in [5.41, 5.74) is 1.27. The molecule has 1 heterocycles. The van der Waals surface area contributed by atoms with Gasteiger partial charge in [-0.15, -0.1) is 16.8 Å². The number of thioether (sulfide) groups is 1. The molecule has 31 heavy (non-hydrogen) atoms. The van der Waals surface area contributed by atoms with Crippen molar-refractivity contribution in [3.63, 3.8) is 0 Å². The van der Waals surface area contributed by atoms with E-state index in [9.17, 15) is 4.79 Å². The lowest BCUT2D eigenvalue weighted by Crippen LogP contribution is -2.29. The molecule has 10 heteroatoms. The van der Waals surface area contributed by atoms with Crippen LogP contribution in [0.5, 0.6) is 0 Å². The molecule has 0 radical (unpaired) electrons. The molecule has 0 unspecified atom stereocenters. The smallest absolute Gasteiger partial charge is 0.253 e. The van der Waals surface area contributed by atoms with Crippen LogP contribution < -0.4 is 5.32 Å². The third-order valence-electron chi connectivity index (χ3n) is 4.34. The summed E-state index contributed by atoms with van der Waals surface area (Å²) in [5, 5.41) is 14.1. The lowest BCUT2D eigenvalue weighted by atomic mass is 10.2. The van der Waals surface area contributed by atoms with E-state index in [-0.39, 0.29) is 10.9 Å². The fourth-order valence-corrected chi connectivity index (χ4v) is 4.83. The van der Waals surface area contributed by atoms with Gasteiger partial charge in [0.2, 0.25) is 0 Å².